The number of ether oxygens (including phenoxy) is 1. The number of nitrogens with one attached hydrogen (secondary N) is 1. The molecule has 0 aromatic heterocycles. The Bertz CT molecular complexity index is 1060. The Labute approximate surface area is 234 Å². The summed E-state index contributed by atoms with van der Waals surface area (Å²) < 4.78 is 46.4. The summed E-state index contributed by atoms with van der Waals surface area (Å²) in [6.45, 7) is 8.46. The van der Waals surface area contributed by atoms with Gasteiger partial charge in [0.15, 0.2) is 0 Å². The predicted octanol–water partition coefficient (Wildman–Crippen LogP) is 3.51. The van der Waals surface area contributed by atoms with Crippen LogP contribution in [0.5, 0.6) is 5.75 Å². The van der Waals surface area contributed by atoms with Crippen molar-refractivity contribution < 1.29 is 22.3 Å². The lowest BCUT2D eigenvalue weighted by molar-refractivity contribution is -0.122. The fraction of sp³-hybridized carbons (Fsp3) is 0.759. The van der Waals surface area contributed by atoms with Gasteiger partial charge < -0.3 is 19.9 Å². The zero-order valence-electron chi connectivity index (χ0n) is 24.1. The average molecular weight is 567 g/mol. The van der Waals surface area contributed by atoms with E-state index in [0.717, 1.165) is 51.9 Å². The van der Waals surface area contributed by atoms with Crippen molar-refractivity contribution in [3.05, 3.63) is 23.3 Å². The van der Waals surface area contributed by atoms with Gasteiger partial charge in [0.1, 0.15) is 11.9 Å². The number of rotatable bonds is 10. The number of benzene rings is 1. The lowest BCUT2D eigenvalue weighted by Gasteiger charge is -2.41. The molecule has 0 unspecified atom stereocenters. The van der Waals surface area contributed by atoms with Gasteiger partial charge >= 0.3 is 0 Å². The van der Waals surface area contributed by atoms with Crippen molar-refractivity contribution in [1.82, 2.24) is 19.4 Å². The maximum absolute atomic E-state index is 13.5. The number of nitrogens with zero attached hydrogens (tertiary/aromatic N) is 3. The summed E-state index contributed by atoms with van der Waals surface area (Å²) in [5.74, 6) is 1.21. The van der Waals surface area contributed by atoms with Crippen molar-refractivity contribution in [3.8, 4) is 5.75 Å². The Kier molecular flexibility index (Phi) is 10.3. The first kappa shape index (κ1) is 30.2. The summed E-state index contributed by atoms with van der Waals surface area (Å²) >= 11 is 0. The number of likely N-dealkylation sites (tertiary alicyclic amines) is 2. The molecule has 2 aliphatic heterocycles. The van der Waals surface area contributed by atoms with Crippen molar-refractivity contribution in [3.63, 3.8) is 0 Å². The number of hydrogen-bond donors (Lipinski definition) is 1. The average Bonchev–Trinajstić information content (AvgIpc) is 3.31. The Morgan fingerprint density at radius 2 is 1.69 bits per heavy atom. The zero-order valence-corrected chi connectivity index (χ0v) is 24.9. The topological polar surface area (TPSA) is 82.2 Å². The van der Waals surface area contributed by atoms with Gasteiger partial charge in [0.05, 0.1) is 12.0 Å². The van der Waals surface area contributed by atoms with Crippen LogP contribution in [0.2, 0.25) is 0 Å². The summed E-state index contributed by atoms with van der Waals surface area (Å²) in [5, 5.41) is 3.15. The van der Waals surface area contributed by atoms with E-state index in [2.05, 4.69) is 15.1 Å². The zero-order chi connectivity index (χ0) is 28.2. The Hall–Kier alpha value is -1.75. The van der Waals surface area contributed by atoms with Crippen LogP contribution in [0.25, 0.3) is 0 Å². The summed E-state index contributed by atoms with van der Waals surface area (Å²) in [6.07, 6.45) is 6.65. The monoisotopic (exact) mass is 566 g/mol. The molecule has 0 spiro atoms. The van der Waals surface area contributed by atoms with Crippen LogP contribution in [-0.4, -0.2) is 100 Å². The third-order valence-corrected chi connectivity index (χ3v) is 11.1. The molecule has 10 heteroatoms. The molecule has 3 fully saturated rings. The molecule has 1 N–H and O–H groups in total. The normalized spacial score (nSPS) is 25.7. The highest BCUT2D eigenvalue weighted by molar-refractivity contribution is 7.89. The maximum atomic E-state index is 13.5. The van der Waals surface area contributed by atoms with Gasteiger partial charge in [-0.3, -0.25) is 4.79 Å². The van der Waals surface area contributed by atoms with Crippen LogP contribution in [0, 0.1) is 19.8 Å². The molecule has 1 atom stereocenters. The number of piperidine rings is 1. The molecule has 1 saturated carbocycles. The molecule has 220 valence electrons. The maximum Gasteiger partial charge on any atom is 0.243 e. The summed E-state index contributed by atoms with van der Waals surface area (Å²) in [5.41, 5.74) is 1.26. The van der Waals surface area contributed by atoms with Gasteiger partial charge in [-0.2, -0.15) is 0 Å². The molecule has 1 aliphatic carbocycles. The standard InChI is InChI=1S/C29H47FN4O4S/c1-21-17-27(38-4)18-22(2)29(21)39(36,37)32(3)13-12-28(35)31-25-5-7-26(8-6-25)34-15-9-23(10-16-34)19-33-14-11-24(30)20-33/h17-18,23-26H,5-16,19-20H2,1-4H3,(H,31,35)/t24-,25-,26+/m0/s1. The molecule has 1 aromatic carbocycles. The van der Waals surface area contributed by atoms with Crippen LogP contribution in [0.15, 0.2) is 17.0 Å². The second-order valence-corrected chi connectivity index (χ2v) is 13.8. The van der Waals surface area contributed by atoms with Crippen LogP contribution in [0.4, 0.5) is 4.39 Å². The first-order chi connectivity index (χ1) is 18.6. The van der Waals surface area contributed by atoms with E-state index in [4.69, 9.17) is 4.74 Å². The van der Waals surface area contributed by atoms with Crippen molar-refractivity contribution in [1.29, 1.82) is 0 Å². The third kappa shape index (κ3) is 7.71. The molecular formula is C29H47FN4O4S. The fourth-order valence-corrected chi connectivity index (χ4v) is 8.25. The van der Waals surface area contributed by atoms with Crippen LogP contribution in [0.3, 0.4) is 0 Å². The van der Waals surface area contributed by atoms with Crippen molar-refractivity contribution in [2.75, 3.05) is 53.4 Å². The largest absolute Gasteiger partial charge is 0.497 e. The molecule has 39 heavy (non-hydrogen) atoms. The summed E-state index contributed by atoms with van der Waals surface area (Å²) in [7, 11) is -0.625. The van der Waals surface area contributed by atoms with Crippen molar-refractivity contribution >= 4 is 15.9 Å². The fourth-order valence-electron chi connectivity index (χ4n) is 6.67. The minimum atomic E-state index is -3.71. The number of aryl methyl sites for hydroxylation is 2. The number of alkyl halides is 1. The van der Waals surface area contributed by atoms with Gasteiger partial charge in [0, 0.05) is 51.7 Å². The number of amides is 1. The molecule has 0 radical (unpaired) electrons. The lowest BCUT2D eigenvalue weighted by Crippen LogP contribution is -2.47. The molecule has 1 aromatic rings. The van der Waals surface area contributed by atoms with Gasteiger partial charge in [-0.25, -0.2) is 17.1 Å². The first-order valence-corrected chi connectivity index (χ1v) is 16.0. The Morgan fingerprint density at radius 3 is 2.26 bits per heavy atom. The van der Waals surface area contributed by atoms with Gasteiger partial charge in [0.2, 0.25) is 15.9 Å². The molecule has 4 rings (SSSR count). The third-order valence-electron chi connectivity index (χ3n) is 8.95. The van der Waals surface area contributed by atoms with Gasteiger partial charge in [-0.1, -0.05) is 0 Å². The number of hydrogen-bond acceptors (Lipinski definition) is 6. The van der Waals surface area contributed by atoms with Crippen LogP contribution in [-0.2, 0) is 14.8 Å². The quantitative estimate of drug-likeness (QED) is 0.467. The van der Waals surface area contributed by atoms with Crippen LogP contribution >= 0.6 is 0 Å². The number of halogens is 1. The highest BCUT2D eigenvalue weighted by Gasteiger charge is 2.32. The molecule has 0 bridgehead atoms. The van der Waals surface area contributed by atoms with Gasteiger partial charge in [0.25, 0.3) is 0 Å². The highest BCUT2D eigenvalue weighted by Crippen LogP contribution is 2.30. The van der Waals surface area contributed by atoms with Crippen LogP contribution < -0.4 is 10.1 Å². The molecule has 8 nitrogen and oxygen atoms in total. The SMILES string of the molecule is COc1cc(C)c(S(=O)(=O)N(C)CCC(=O)N[C@H]2CC[C@@H](N3CCC(CN4CC[C@H](F)C4)CC3)CC2)c(C)c1. The van der Waals surface area contributed by atoms with E-state index in [1.165, 1.54) is 24.2 Å². The van der Waals surface area contributed by atoms with E-state index in [1.54, 1.807) is 33.1 Å². The van der Waals surface area contributed by atoms with Crippen LogP contribution in [0.1, 0.15) is 62.5 Å². The molecule has 3 aliphatic rings. The minimum Gasteiger partial charge on any atom is -0.497 e. The highest BCUT2D eigenvalue weighted by atomic mass is 32.2. The van der Waals surface area contributed by atoms with E-state index in [1.807, 2.05) is 0 Å². The number of sulfonamides is 1. The second kappa shape index (κ2) is 13.3. The van der Waals surface area contributed by atoms with E-state index in [-0.39, 0.29) is 29.8 Å². The molecule has 2 saturated heterocycles. The van der Waals surface area contributed by atoms with Gasteiger partial charge in [-0.15, -0.1) is 0 Å². The number of methoxy groups -OCH3 is 1. The lowest BCUT2D eigenvalue weighted by atomic mass is 9.87. The van der Waals surface area contributed by atoms with Gasteiger partial charge in [-0.05, 0) is 101 Å². The van der Waals surface area contributed by atoms with Crippen molar-refractivity contribution in [2.24, 2.45) is 5.92 Å². The number of carbonyl (C=O) groups is 1. The predicted molar refractivity (Wildman–Crippen MR) is 151 cm³/mol. The van der Waals surface area contributed by atoms with E-state index in [0.29, 0.717) is 41.8 Å². The summed E-state index contributed by atoms with van der Waals surface area (Å²) in [6, 6.07) is 4.17. The smallest absolute Gasteiger partial charge is 0.243 e. The van der Waals surface area contributed by atoms with Crippen molar-refractivity contribution in [2.45, 2.75) is 88.4 Å². The summed E-state index contributed by atoms with van der Waals surface area (Å²) in [4.78, 5) is 17.9. The van der Waals surface area contributed by atoms with E-state index >= 15 is 0 Å². The first-order valence-electron chi connectivity index (χ1n) is 14.6. The van der Waals surface area contributed by atoms with E-state index in [9.17, 15) is 17.6 Å². The van der Waals surface area contributed by atoms with E-state index < -0.39 is 16.2 Å². The molecule has 2 heterocycles. The molecule has 1 amide bonds. The molecular weight excluding hydrogens is 519 g/mol. The Morgan fingerprint density at radius 1 is 1.05 bits per heavy atom. The second-order valence-electron chi connectivity index (χ2n) is 11.9. The minimum absolute atomic E-state index is 0.0954. The number of carbonyl (C=O) groups excluding carboxylic acids is 1. The Balaban J connectivity index is 1.17.